The number of nitrogens with zero attached hydrogens (tertiary/aromatic N) is 1. The number of aromatic nitrogens is 1. The number of carboxylic acid groups (broad SMARTS) is 2. The molecule has 7 nitrogen and oxygen atoms in total. The summed E-state index contributed by atoms with van der Waals surface area (Å²) in [6, 6.07) is 5.45. The van der Waals surface area contributed by atoms with Crippen molar-refractivity contribution < 1.29 is 19.8 Å². The molecule has 2 aromatic rings. The molecule has 0 aliphatic rings. The summed E-state index contributed by atoms with van der Waals surface area (Å²) >= 11 is 0. The quantitative estimate of drug-likeness (QED) is 0.678. The molecule has 5 N–H and O–H groups in total. The van der Waals surface area contributed by atoms with Crippen LogP contribution in [0.2, 0.25) is 0 Å². The number of nitrogen functional groups attached to an aromatic ring is 1. The lowest BCUT2D eigenvalue weighted by Crippen LogP contribution is -2.06. The highest BCUT2D eigenvalue weighted by Crippen LogP contribution is 2.24. The van der Waals surface area contributed by atoms with E-state index in [2.05, 4.69) is 10.3 Å². The molecule has 7 heteroatoms. The minimum absolute atomic E-state index is 0.136. The highest BCUT2D eigenvalue weighted by molar-refractivity contribution is 5.96. The number of rotatable bonds is 4. The number of benzene rings is 1. The molecule has 1 aromatic heterocycles. The Kier molecular flexibility index (Phi) is 3.75. The lowest BCUT2D eigenvalue weighted by molar-refractivity contribution is 0.0696. The summed E-state index contributed by atoms with van der Waals surface area (Å²) in [6.45, 7) is 1.80. The number of nitrogens with two attached hydrogens (primary N) is 1. The van der Waals surface area contributed by atoms with Gasteiger partial charge in [0, 0.05) is 11.9 Å². The average Bonchev–Trinajstić information content (AvgIpc) is 2.43. The first-order valence-electron chi connectivity index (χ1n) is 5.98. The van der Waals surface area contributed by atoms with Crippen LogP contribution in [0.4, 0.5) is 17.2 Å². The van der Waals surface area contributed by atoms with Crippen LogP contribution in [0.1, 0.15) is 26.3 Å². The standard InChI is InChI=1S/C14H13N3O4/c1-7-2-3-16-12(11(7)15)17-10-5-8(13(18)19)4-9(6-10)14(20)21/h2-6H,15H2,1H3,(H,16,17)(H,18,19)(H,20,21). The van der Waals surface area contributed by atoms with Gasteiger partial charge in [-0.25, -0.2) is 14.6 Å². The van der Waals surface area contributed by atoms with E-state index in [-0.39, 0.29) is 16.8 Å². The molecule has 1 heterocycles. The van der Waals surface area contributed by atoms with E-state index < -0.39 is 11.9 Å². The maximum Gasteiger partial charge on any atom is 0.335 e. The van der Waals surface area contributed by atoms with Crippen LogP contribution in [-0.2, 0) is 0 Å². The molecule has 0 saturated heterocycles. The summed E-state index contributed by atoms with van der Waals surface area (Å²) in [7, 11) is 0. The van der Waals surface area contributed by atoms with Crippen LogP contribution in [0.15, 0.2) is 30.5 Å². The predicted octanol–water partition coefficient (Wildman–Crippen LogP) is 2.11. The van der Waals surface area contributed by atoms with Crippen LogP contribution in [-0.4, -0.2) is 27.1 Å². The molecule has 0 unspecified atom stereocenters. The van der Waals surface area contributed by atoms with Crippen LogP contribution in [0.5, 0.6) is 0 Å². The molecule has 0 aliphatic carbocycles. The minimum Gasteiger partial charge on any atom is -0.478 e. The van der Waals surface area contributed by atoms with Gasteiger partial charge in [-0.15, -0.1) is 0 Å². The number of carbonyl (C=O) groups is 2. The molecule has 1 aromatic carbocycles. The van der Waals surface area contributed by atoms with Gasteiger partial charge in [-0.05, 0) is 36.8 Å². The molecule has 0 atom stereocenters. The Balaban J connectivity index is 2.46. The Morgan fingerprint density at radius 3 is 2.24 bits per heavy atom. The number of hydrogen-bond acceptors (Lipinski definition) is 5. The van der Waals surface area contributed by atoms with Gasteiger partial charge in [0.15, 0.2) is 5.82 Å². The van der Waals surface area contributed by atoms with Gasteiger partial charge in [-0.1, -0.05) is 0 Å². The number of carboxylic acids is 2. The molecule has 0 aliphatic heterocycles. The Morgan fingerprint density at radius 2 is 1.71 bits per heavy atom. The van der Waals surface area contributed by atoms with Crippen molar-refractivity contribution in [2.24, 2.45) is 0 Å². The summed E-state index contributed by atoms with van der Waals surface area (Å²) in [4.78, 5) is 26.1. The zero-order chi connectivity index (χ0) is 15.6. The van der Waals surface area contributed by atoms with Crippen molar-refractivity contribution in [2.75, 3.05) is 11.1 Å². The van der Waals surface area contributed by atoms with Gasteiger partial charge in [0.1, 0.15) is 0 Å². The third-order valence-corrected chi connectivity index (χ3v) is 2.90. The number of nitrogens with one attached hydrogen (secondary N) is 1. The van der Waals surface area contributed by atoms with Crippen molar-refractivity contribution in [3.63, 3.8) is 0 Å². The Bertz CT molecular complexity index is 696. The maximum absolute atomic E-state index is 11.0. The molecule has 2 rings (SSSR count). The highest BCUT2D eigenvalue weighted by Gasteiger charge is 2.12. The summed E-state index contributed by atoms with van der Waals surface area (Å²) < 4.78 is 0. The Hall–Kier alpha value is -3.09. The second-order valence-electron chi connectivity index (χ2n) is 4.42. The third-order valence-electron chi connectivity index (χ3n) is 2.90. The first-order chi connectivity index (χ1) is 9.88. The van der Waals surface area contributed by atoms with Gasteiger partial charge < -0.3 is 21.3 Å². The van der Waals surface area contributed by atoms with Crippen LogP contribution in [0.3, 0.4) is 0 Å². The van der Waals surface area contributed by atoms with Crippen LogP contribution in [0, 0.1) is 6.92 Å². The summed E-state index contributed by atoms with van der Waals surface area (Å²) in [5.41, 5.74) is 7.10. The second-order valence-corrected chi connectivity index (χ2v) is 4.42. The molecule has 0 fully saturated rings. The zero-order valence-electron chi connectivity index (χ0n) is 11.1. The van der Waals surface area contributed by atoms with Gasteiger partial charge in [0.05, 0.1) is 16.8 Å². The Labute approximate surface area is 120 Å². The van der Waals surface area contributed by atoms with E-state index >= 15 is 0 Å². The summed E-state index contributed by atoms with van der Waals surface area (Å²) in [5, 5.41) is 20.9. The molecule has 0 spiro atoms. The lowest BCUT2D eigenvalue weighted by atomic mass is 10.1. The molecule has 0 amide bonds. The Morgan fingerprint density at radius 1 is 1.14 bits per heavy atom. The summed E-state index contributed by atoms with van der Waals surface area (Å²) in [6.07, 6.45) is 1.55. The summed E-state index contributed by atoms with van der Waals surface area (Å²) in [5.74, 6) is -2.09. The number of hydrogen-bond donors (Lipinski definition) is 4. The lowest BCUT2D eigenvalue weighted by Gasteiger charge is -2.11. The van der Waals surface area contributed by atoms with Crippen molar-refractivity contribution in [2.45, 2.75) is 6.92 Å². The van der Waals surface area contributed by atoms with E-state index in [4.69, 9.17) is 15.9 Å². The molecule has 21 heavy (non-hydrogen) atoms. The van der Waals surface area contributed by atoms with Gasteiger partial charge in [-0.3, -0.25) is 0 Å². The number of pyridine rings is 1. The predicted molar refractivity (Wildman–Crippen MR) is 77.0 cm³/mol. The maximum atomic E-state index is 11.0. The van der Waals surface area contributed by atoms with E-state index in [1.807, 2.05) is 0 Å². The van der Waals surface area contributed by atoms with Crippen molar-refractivity contribution in [3.8, 4) is 0 Å². The zero-order valence-corrected chi connectivity index (χ0v) is 11.1. The average molecular weight is 287 g/mol. The van der Waals surface area contributed by atoms with Crippen molar-refractivity contribution in [3.05, 3.63) is 47.2 Å². The number of anilines is 3. The smallest absolute Gasteiger partial charge is 0.335 e. The largest absolute Gasteiger partial charge is 0.478 e. The van der Waals surface area contributed by atoms with Crippen molar-refractivity contribution in [1.29, 1.82) is 0 Å². The second kappa shape index (κ2) is 5.49. The van der Waals surface area contributed by atoms with E-state index in [9.17, 15) is 9.59 Å². The normalized spacial score (nSPS) is 10.1. The molecule has 0 saturated carbocycles. The van der Waals surface area contributed by atoms with Gasteiger partial charge >= 0.3 is 11.9 Å². The fourth-order valence-electron chi connectivity index (χ4n) is 1.75. The third kappa shape index (κ3) is 3.08. The molecule has 0 radical (unpaired) electrons. The SMILES string of the molecule is Cc1ccnc(Nc2cc(C(=O)O)cc(C(=O)O)c2)c1N. The molecule has 108 valence electrons. The molecular weight excluding hydrogens is 274 g/mol. The van der Waals surface area contributed by atoms with E-state index in [0.29, 0.717) is 11.5 Å². The fraction of sp³-hybridized carbons (Fsp3) is 0.0714. The molecule has 0 bridgehead atoms. The van der Waals surface area contributed by atoms with Crippen LogP contribution < -0.4 is 11.1 Å². The fourth-order valence-corrected chi connectivity index (χ4v) is 1.75. The van der Waals surface area contributed by atoms with Gasteiger partial charge in [0.25, 0.3) is 0 Å². The van der Waals surface area contributed by atoms with E-state index in [1.54, 1.807) is 19.2 Å². The molecular formula is C14H13N3O4. The number of aromatic carboxylic acids is 2. The monoisotopic (exact) mass is 287 g/mol. The highest BCUT2D eigenvalue weighted by atomic mass is 16.4. The van der Waals surface area contributed by atoms with Crippen molar-refractivity contribution in [1.82, 2.24) is 4.98 Å². The first-order valence-corrected chi connectivity index (χ1v) is 5.98. The van der Waals surface area contributed by atoms with Gasteiger partial charge in [0.2, 0.25) is 0 Å². The van der Waals surface area contributed by atoms with Gasteiger partial charge in [-0.2, -0.15) is 0 Å². The van der Waals surface area contributed by atoms with Crippen LogP contribution >= 0.6 is 0 Å². The number of aryl methyl sites for hydroxylation is 1. The van der Waals surface area contributed by atoms with Crippen LogP contribution in [0.25, 0.3) is 0 Å². The topological polar surface area (TPSA) is 126 Å². The van der Waals surface area contributed by atoms with E-state index in [1.165, 1.54) is 12.1 Å². The van der Waals surface area contributed by atoms with E-state index in [0.717, 1.165) is 11.6 Å². The minimum atomic E-state index is -1.22. The first kappa shape index (κ1) is 14.3. The van der Waals surface area contributed by atoms with Crippen molar-refractivity contribution >= 4 is 29.1 Å².